The third kappa shape index (κ3) is 11.9. The van der Waals surface area contributed by atoms with Crippen molar-refractivity contribution >= 4 is 0 Å². The van der Waals surface area contributed by atoms with E-state index in [-0.39, 0.29) is 0 Å². The topological polar surface area (TPSA) is 20.2 Å². The van der Waals surface area contributed by atoms with E-state index in [0.29, 0.717) is 6.61 Å². The van der Waals surface area contributed by atoms with Crippen LogP contribution in [-0.4, -0.2) is 11.7 Å². The van der Waals surface area contributed by atoms with Crippen LogP contribution in [-0.2, 0) is 0 Å². The first kappa shape index (κ1) is 15.0. The molecule has 0 aromatic heterocycles. The van der Waals surface area contributed by atoms with E-state index >= 15 is 0 Å². The van der Waals surface area contributed by atoms with E-state index < -0.39 is 0 Å². The second-order valence-corrected chi connectivity index (χ2v) is 4.88. The molecule has 0 aliphatic carbocycles. The maximum absolute atomic E-state index is 8.62. The summed E-state index contributed by atoms with van der Waals surface area (Å²) in [6, 6.07) is 0. The van der Waals surface area contributed by atoms with Gasteiger partial charge in [-0.15, -0.1) is 0 Å². The van der Waals surface area contributed by atoms with E-state index in [1.54, 1.807) is 0 Å². The van der Waals surface area contributed by atoms with Gasteiger partial charge in [0.1, 0.15) is 0 Å². The first-order chi connectivity index (χ1) is 7.31. The summed E-state index contributed by atoms with van der Waals surface area (Å²) in [7, 11) is 0. The molecule has 0 saturated carbocycles. The molecule has 15 heavy (non-hydrogen) atoms. The van der Waals surface area contributed by atoms with E-state index in [1.165, 1.54) is 57.8 Å². The van der Waals surface area contributed by atoms with Crippen LogP contribution in [0, 0.1) is 5.92 Å². The Balaban J connectivity index is 3.02. The van der Waals surface area contributed by atoms with Gasteiger partial charge in [-0.3, -0.25) is 0 Å². The van der Waals surface area contributed by atoms with Crippen LogP contribution in [0.15, 0.2) is 0 Å². The minimum Gasteiger partial charge on any atom is -0.396 e. The predicted octanol–water partition coefficient (Wildman–Crippen LogP) is 4.54. The van der Waals surface area contributed by atoms with Gasteiger partial charge < -0.3 is 5.11 Å². The number of aliphatic hydroxyl groups excluding tert-OH is 1. The molecule has 0 amide bonds. The average molecular weight is 214 g/mol. The number of hydrogen-bond acceptors (Lipinski definition) is 1. The Labute approximate surface area is 96.3 Å². The van der Waals surface area contributed by atoms with Crippen molar-refractivity contribution in [1.82, 2.24) is 0 Å². The minimum absolute atomic E-state index is 0.369. The van der Waals surface area contributed by atoms with Crippen molar-refractivity contribution in [2.45, 2.75) is 78.1 Å². The maximum atomic E-state index is 8.62. The SMILES string of the molecule is CCCC[C@H](C)CCCCCCCCO. The first-order valence-electron chi connectivity index (χ1n) is 6.92. The summed E-state index contributed by atoms with van der Waals surface area (Å²) >= 11 is 0. The van der Waals surface area contributed by atoms with Gasteiger partial charge in [0.2, 0.25) is 0 Å². The lowest BCUT2D eigenvalue weighted by Gasteiger charge is -2.09. The van der Waals surface area contributed by atoms with Gasteiger partial charge in [0.05, 0.1) is 0 Å². The van der Waals surface area contributed by atoms with Gasteiger partial charge in [-0.2, -0.15) is 0 Å². The molecule has 1 heteroatoms. The smallest absolute Gasteiger partial charge is 0.0431 e. The number of unbranched alkanes of at least 4 members (excludes halogenated alkanes) is 6. The van der Waals surface area contributed by atoms with Crippen LogP contribution in [0.5, 0.6) is 0 Å². The van der Waals surface area contributed by atoms with Crippen molar-refractivity contribution in [2.75, 3.05) is 6.61 Å². The van der Waals surface area contributed by atoms with Crippen LogP contribution in [0.1, 0.15) is 78.1 Å². The zero-order valence-corrected chi connectivity index (χ0v) is 10.8. The van der Waals surface area contributed by atoms with Gasteiger partial charge in [-0.05, 0) is 12.3 Å². The average Bonchev–Trinajstić information content (AvgIpc) is 2.25. The molecule has 0 bridgehead atoms. The highest BCUT2D eigenvalue weighted by Gasteiger charge is 2.00. The molecule has 0 aliphatic heterocycles. The lowest BCUT2D eigenvalue weighted by atomic mass is 9.97. The summed E-state index contributed by atoms with van der Waals surface area (Å²) < 4.78 is 0. The van der Waals surface area contributed by atoms with Crippen molar-refractivity contribution in [3.05, 3.63) is 0 Å². The van der Waals surface area contributed by atoms with Gasteiger partial charge in [-0.1, -0.05) is 71.6 Å². The second kappa shape index (κ2) is 12.0. The van der Waals surface area contributed by atoms with Crippen molar-refractivity contribution < 1.29 is 5.11 Å². The highest BCUT2D eigenvalue weighted by molar-refractivity contribution is 4.54. The van der Waals surface area contributed by atoms with Gasteiger partial charge in [0.25, 0.3) is 0 Å². The lowest BCUT2D eigenvalue weighted by Crippen LogP contribution is -1.94. The van der Waals surface area contributed by atoms with E-state index in [9.17, 15) is 0 Å². The summed E-state index contributed by atoms with van der Waals surface area (Å²) in [5.74, 6) is 0.933. The molecular formula is C14H30O. The molecule has 0 rings (SSSR count). The summed E-state index contributed by atoms with van der Waals surface area (Å²) in [6.45, 7) is 5.03. The molecule has 0 aromatic carbocycles. The molecule has 1 N–H and O–H groups in total. The number of hydrogen-bond donors (Lipinski definition) is 1. The second-order valence-electron chi connectivity index (χ2n) is 4.88. The lowest BCUT2D eigenvalue weighted by molar-refractivity contribution is 0.282. The Bertz CT molecular complexity index is 112. The van der Waals surface area contributed by atoms with E-state index in [2.05, 4.69) is 13.8 Å². The summed E-state index contributed by atoms with van der Waals surface area (Å²) in [5.41, 5.74) is 0. The molecule has 0 unspecified atom stereocenters. The Morgan fingerprint density at radius 2 is 1.33 bits per heavy atom. The molecular weight excluding hydrogens is 184 g/mol. The van der Waals surface area contributed by atoms with Crippen molar-refractivity contribution in [1.29, 1.82) is 0 Å². The largest absolute Gasteiger partial charge is 0.396 e. The molecule has 0 radical (unpaired) electrons. The summed E-state index contributed by atoms with van der Waals surface area (Å²) in [5, 5.41) is 8.62. The van der Waals surface area contributed by atoms with Crippen molar-refractivity contribution in [3.63, 3.8) is 0 Å². The highest BCUT2D eigenvalue weighted by Crippen LogP contribution is 2.16. The van der Waals surface area contributed by atoms with Crippen molar-refractivity contribution in [3.8, 4) is 0 Å². The molecule has 1 atom stereocenters. The number of aliphatic hydroxyl groups is 1. The molecule has 0 heterocycles. The van der Waals surface area contributed by atoms with E-state index in [4.69, 9.17) is 5.11 Å². The molecule has 0 fully saturated rings. The summed E-state index contributed by atoms with van der Waals surface area (Å²) in [4.78, 5) is 0. The van der Waals surface area contributed by atoms with E-state index in [0.717, 1.165) is 12.3 Å². The zero-order chi connectivity index (χ0) is 11.4. The zero-order valence-electron chi connectivity index (χ0n) is 10.8. The molecule has 0 saturated heterocycles. The molecule has 0 spiro atoms. The van der Waals surface area contributed by atoms with Gasteiger partial charge in [0.15, 0.2) is 0 Å². The Morgan fingerprint density at radius 3 is 1.93 bits per heavy atom. The van der Waals surface area contributed by atoms with Crippen LogP contribution >= 0.6 is 0 Å². The van der Waals surface area contributed by atoms with Crippen LogP contribution < -0.4 is 0 Å². The minimum atomic E-state index is 0.369. The standard InChI is InChI=1S/C14H30O/c1-3-4-11-14(2)12-9-7-5-6-8-10-13-15/h14-15H,3-13H2,1-2H3/t14-/m0/s1. The fraction of sp³-hybridized carbons (Fsp3) is 1.00. The molecule has 0 aromatic rings. The maximum Gasteiger partial charge on any atom is 0.0431 e. The fourth-order valence-corrected chi connectivity index (χ4v) is 2.01. The van der Waals surface area contributed by atoms with Crippen molar-refractivity contribution in [2.24, 2.45) is 5.92 Å². The van der Waals surface area contributed by atoms with Crippen LogP contribution in [0.25, 0.3) is 0 Å². The third-order valence-electron chi connectivity index (χ3n) is 3.16. The van der Waals surface area contributed by atoms with Crippen LogP contribution in [0.2, 0.25) is 0 Å². The number of rotatable bonds is 11. The Morgan fingerprint density at radius 1 is 0.800 bits per heavy atom. The van der Waals surface area contributed by atoms with Gasteiger partial charge in [0, 0.05) is 6.61 Å². The quantitative estimate of drug-likeness (QED) is 0.501. The molecule has 0 aliphatic rings. The Kier molecular flexibility index (Phi) is 12.0. The monoisotopic (exact) mass is 214 g/mol. The third-order valence-corrected chi connectivity index (χ3v) is 3.16. The summed E-state index contributed by atoms with van der Waals surface area (Å²) in [6.07, 6.45) is 13.2. The fourth-order valence-electron chi connectivity index (χ4n) is 2.01. The molecule has 1 nitrogen and oxygen atoms in total. The molecule has 92 valence electrons. The Hall–Kier alpha value is -0.0400. The van der Waals surface area contributed by atoms with Gasteiger partial charge in [-0.25, -0.2) is 0 Å². The van der Waals surface area contributed by atoms with E-state index in [1.807, 2.05) is 0 Å². The normalized spacial score (nSPS) is 13.0. The van der Waals surface area contributed by atoms with Crippen LogP contribution in [0.3, 0.4) is 0 Å². The first-order valence-corrected chi connectivity index (χ1v) is 6.92. The van der Waals surface area contributed by atoms with Crippen LogP contribution in [0.4, 0.5) is 0 Å². The highest BCUT2D eigenvalue weighted by atomic mass is 16.2. The van der Waals surface area contributed by atoms with Gasteiger partial charge >= 0.3 is 0 Å². The predicted molar refractivity (Wildman–Crippen MR) is 68.1 cm³/mol.